The zero-order valence-corrected chi connectivity index (χ0v) is 9.95. The van der Waals surface area contributed by atoms with E-state index in [0.717, 1.165) is 6.07 Å². The summed E-state index contributed by atoms with van der Waals surface area (Å²) in [7, 11) is 0. The van der Waals surface area contributed by atoms with E-state index in [-0.39, 0.29) is 18.0 Å². The standard InChI is InChI=1S/C13H17F3N2/c14-13(15,16)10-4-2-1-3-9(10)8-5-6-11(17)12(18)7-8/h1-4,8,11-12H,5-7,17-18H2. The molecule has 0 amide bonds. The molecule has 0 heterocycles. The molecule has 2 nitrogen and oxygen atoms in total. The van der Waals surface area contributed by atoms with Gasteiger partial charge in [0.1, 0.15) is 0 Å². The second kappa shape index (κ2) is 4.90. The van der Waals surface area contributed by atoms with Gasteiger partial charge in [0, 0.05) is 12.1 Å². The lowest BCUT2D eigenvalue weighted by atomic mass is 9.78. The molecule has 4 N–H and O–H groups in total. The molecule has 3 unspecified atom stereocenters. The highest BCUT2D eigenvalue weighted by atomic mass is 19.4. The molecular formula is C13H17F3N2. The van der Waals surface area contributed by atoms with Crippen LogP contribution in [-0.4, -0.2) is 12.1 Å². The third-order valence-corrected chi connectivity index (χ3v) is 3.66. The van der Waals surface area contributed by atoms with Gasteiger partial charge < -0.3 is 11.5 Å². The van der Waals surface area contributed by atoms with E-state index < -0.39 is 11.7 Å². The van der Waals surface area contributed by atoms with E-state index in [1.807, 2.05) is 0 Å². The van der Waals surface area contributed by atoms with Crippen molar-refractivity contribution in [3.05, 3.63) is 35.4 Å². The smallest absolute Gasteiger partial charge is 0.326 e. The van der Waals surface area contributed by atoms with Gasteiger partial charge >= 0.3 is 6.18 Å². The summed E-state index contributed by atoms with van der Waals surface area (Å²) in [5, 5.41) is 0. The van der Waals surface area contributed by atoms with E-state index in [1.165, 1.54) is 6.07 Å². The predicted octanol–water partition coefficient (Wildman–Crippen LogP) is 2.63. The first-order chi connectivity index (χ1) is 8.39. The summed E-state index contributed by atoms with van der Waals surface area (Å²) in [6.45, 7) is 0. The summed E-state index contributed by atoms with van der Waals surface area (Å²) in [5.41, 5.74) is 11.5. The lowest BCUT2D eigenvalue weighted by molar-refractivity contribution is -0.138. The van der Waals surface area contributed by atoms with Gasteiger partial charge in [-0.25, -0.2) is 0 Å². The Kier molecular flexibility index (Phi) is 3.64. The van der Waals surface area contributed by atoms with Crippen LogP contribution < -0.4 is 11.5 Å². The first-order valence-electron chi connectivity index (χ1n) is 6.07. The molecule has 1 fully saturated rings. The van der Waals surface area contributed by atoms with Crippen LogP contribution in [0.1, 0.15) is 36.3 Å². The fourth-order valence-corrected chi connectivity index (χ4v) is 2.62. The van der Waals surface area contributed by atoms with Gasteiger partial charge in [0.15, 0.2) is 0 Å². The predicted molar refractivity (Wildman–Crippen MR) is 64.0 cm³/mol. The zero-order chi connectivity index (χ0) is 13.3. The number of rotatable bonds is 1. The van der Waals surface area contributed by atoms with Crippen LogP contribution in [0.15, 0.2) is 24.3 Å². The molecule has 5 heteroatoms. The summed E-state index contributed by atoms with van der Waals surface area (Å²) in [6, 6.07) is 5.43. The molecule has 0 saturated heterocycles. The van der Waals surface area contributed by atoms with Gasteiger partial charge in [-0.05, 0) is 36.8 Å². The van der Waals surface area contributed by atoms with Crippen molar-refractivity contribution in [3.63, 3.8) is 0 Å². The second-order valence-corrected chi connectivity index (χ2v) is 4.92. The van der Waals surface area contributed by atoms with Gasteiger partial charge in [-0.2, -0.15) is 13.2 Å². The first-order valence-corrected chi connectivity index (χ1v) is 6.07. The molecule has 0 bridgehead atoms. The maximum atomic E-state index is 12.9. The van der Waals surface area contributed by atoms with E-state index in [9.17, 15) is 13.2 Å². The average molecular weight is 258 g/mol. The molecule has 0 aromatic heterocycles. The summed E-state index contributed by atoms with van der Waals surface area (Å²) in [6.07, 6.45) is -2.44. The molecule has 18 heavy (non-hydrogen) atoms. The number of halogens is 3. The van der Waals surface area contributed by atoms with Crippen LogP contribution in [0.4, 0.5) is 13.2 Å². The molecular weight excluding hydrogens is 241 g/mol. The van der Waals surface area contributed by atoms with Gasteiger partial charge in [0.05, 0.1) is 5.56 Å². The summed E-state index contributed by atoms with van der Waals surface area (Å²) in [4.78, 5) is 0. The number of nitrogens with two attached hydrogens (primary N) is 2. The highest BCUT2D eigenvalue weighted by Gasteiger charge is 2.36. The second-order valence-electron chi connectivity index (χ2n) is 4.92. The summed E-state index contributed by atoms with van der Waals surface area (Å²) in [5.74, 6) is -0.141. The third-order valence-electron chi connectivity index (χ3n) is 3.66. The molecule has 100 valence electrons. The topological polar surface area (TPSA) is 52.0 Å². The van der Waals surface area contributed by atoms with Gasteiger partial charge in [-0.15, -0.1) is 0 Å². The SMILES string of the molecule is NC1CCC(c2ccccc2C(F)(F)F)CC1N. The lowest BCUT2D eigenvalue weighted by Crippen LogP contribution is -2.45. The van der Waals surface area contributed by atoms with Crippen molar-refractivity contribution in [2.24, 2.45) is 11.5 Å². The summed E-state index contributed by atoms with van der Waals surface area (Å²) >= 11 is 0. The van der Waals surface area contributed by atoms with Crippen molar-refractivity contribution in [3.8, 4) is 0 Å². The minimum atomic E-state index is -4.31. The largest absolute Gasteiger partial charge is 0.416 e. The Labute approximate surface area is 104 Å². The van der Waals surface area contributed by atoms with Crippen molar-refractivity contribution in [2.75, 3.05) is 0 Å². The normalized spacial score (nSPS) is 29.3. The molecule has 0 aliphatic heterocycles. The minimum absolute atomic E-state index is 0.0979. The maximum absolute atomic E-state index is 12.9. The van der Waals surface area contributed by atoms with Crippen LogP contribution in [0, 0.1) is 0 Å². The van der Waals surface area contributed by atoms with E-state index in [1.54, 1.807) is 12.1 Å². The van der Waals surface area contributed by atoms with Crippen LogP contribution >= 0.6 is 0 Å². The molecule has 1 aromatic rings. The highest BCUT2D eigenvalue weighted by molar-refractivity contribution is 5.33. The van der Waals surface area contributed by atoms with Crippen molar-refractivity contribution in [1.82, 2.24) is 0 Å². The summed E-state index contributed by atoms with van der Waals surface area (Å²) < 4.78 is 38.8. The Bertz CT molecular complexity index is 417. The van der Waals surface area contributed by atoms with Crippen molar-refractivity contribution in [1.29, 1.82) is 0 Å². The third kappa shape index (κ3) is 2.67. The lowest BCUT2D eigenvalue weighted by Gasteiger charge is -2.33. The van der Waals surface area contributed by atoms with Gasteiger partial charge in [-0.1, -0.05) is 18.2 Å². The van der Waals surface area contributed by atoms with E-state index in [2.05, 4.69) is 0 Å². The van der Waals surface area contributed by atoms with Crippen LogP contribution in [0.3, 0.4) is 0 Å². The zero-order valence-electron chi connectivity index (χ0n) is 9.95. The van der Waals surface area contributed by atoms with Crippen LogP contribution in [0.5, 0.6) is 0 Å². The Balaban J connectivity index is 2.29. The number of alkyl halides is 3. The molecule has 1 aromatic carbocycles. The molecule has 1 aliphatic rings. The Hall–Kier alpha value is -1.07. The van der Waals surface area contributed by atoms with Crippen molar-refractivity contribution in [2.45, 2.75) is 43.4 Å². The molecule has 3 atom stereocenters. The highest BCUT2D eigenvalue weighted by Crippen LogP contribution is 2.39. The average Bonchev–Trinajstić information content (AvgIpc) is 2.32. The van der Waals surface area contributed by atoms with Gasteiger partial charge in [0.2, 0.25) is 0 Å². The first kappa shape index (κ1) is 13.4. The number of hydrogen-bond acceptors (Lipinski definition) is 2. The van der Waals surface area contributed by atoms with E-state index in [4.69, 9.17) is 11.5 Å². The van der Waals surface area contributed by atoms with Crippen LogP contribution in [0.2, 0.25) is 0 Å². The molecule has 0 radical (unpaired) electrons. The van der Waals surface area contributed by atoms with Crippen molar-refractivity contribution >= 4 is 0 Å². The Morgan fingerprint density at radius 1 is 1.00 bits per heavy atom. The van der Waals surface area contributed by atoms with E-state index >= 15 is 0 Å². The fraction of sp³-hybridized carbons (Fsp3) is 0.538. The Morgan fingerprint density at radius 3 is 2.28 bits per heavy atom. The number of hydrogen-bond donors (Lipinski definition) is 2. The Morgan fingerprint density at radius 2 is 1.67 bits per heavy atom. The minimum Gasteiger partial charge on any atom is -0.326 e. The molecule has 1 aliphatic carbocycles. The molecule has 1 saturated carbocycles. The van der Waals surface area contributed by atoms with Crippen LogP contribution in [-0.2, 0) is 6.18 Å². The van der Waals surface area contributed by atoms with E-state index in [0.29, 0.717) is 24.8 Å². The maximum Gasteiger partial charge on any atom is 0.416 e. The van der Waals surface area contributed by atoms with Gasteiger partial charge in [0.25, 0.3) is 0 Å². The van der Waals surface area contributed by atoms with Crippen LogP contribution in [0.25, 0.3) is 0 Å². The quantitative estimate of drug-likeness (QED) is 0.813. The number of benzene rings is 1. The van der Waals surface area contributed by atoms with Gasteiger partial charge in [-0.3, -0.25) is 0 Å². The molecule has 0 spiro atoms. The fourth-order valence-electron chi connectivity index (χ4n) is 2.62. The monoisotopic (exact) mass is 258 g/mol. The van der Waals surface area contributed by atoms with Crippen molar-refractivity contribution < 1.29 is 13.2 Å². The molecule has 2 rings (SSSR count).